The molecular weight excluding hydrogens is 388 g/mol. The monoisotopic (exact) mass is 418 g/mol. The highest BCUT2D eigenvalue weighted by molar-refractivity contribution is 5.94. The summed E-state index contributed by atoms with van der Waals surface area (Å²) in [7, 11) is 1.65. The number of hydrogen-bond donors (Lipinski definition) is 1. The van der Waals surface area contributed by atoms with Crippen LogP contribution in [0.1, 0.15) is 28.8 Å². The summed E-state index contributed by atoms with van der Waals surface area (Å²) in [5, 5.41) is 3.02. The van der Waals surface area contributed by atoms with Crippen LogP contribution in [-0.4, -0.2) is 55.0 Å². The van der Waals surface area contributed by atoms with Gasteiger partial charge in [0.2, 0.25) is 0 Å². The number of aromatic nitrogens is 1. The third-order valence-electron chi connectivity index (χ3n) is 6.43. The highest BCUT2D eigenvalue weighted by Crippen LogP contribution is 2.30. The van der Waals surface area contributed by atoms with Crippen molar-refractivity contribution in [3.8, 4) is 5.75 Å². The Labute approximate surface area is 183 Å². The van der Waals surface area contributed by atoms with E-state index in [1.807, 2.05) is 42.6 Å². The smallest absolute Gasteiger partial charge is 0.253 e. The summed E-state index contributed by atoms with van der Waals surface area (Å²) in [5.74, 6) is 2.81. The SMILES string of the molecule is COc1ccccc1CNC(=O)c1ccc2ccc(N3CCN(CC4CC4)CC3)n2c1. The molecule has 1 saturated heterocycles. The molecule has 1 aliphatic heterocycles. The fraction of sp³-hybridized carbons (Fsp3) is 0.400. The normalized spacial score (nSPS) is 17.1. The number of para-hydroxylation sites is 1. The molecule has 3 heterocycles. The van der Waals surface area contributed by atoms with Gasteiger partial charge in [-0.2, -0.15) is 0 Å². The molecule has 0 radical (unpaired) electrons. The van der Waals surface area contributed by atoms with E-state index in [4.69, 9.17) is 4.74 Å². The first-order chi connectivity index (χ1) is 15.2. The molecule has 2 aromatic heterocycles. The second-order valence-corrected chi connectivity index (χ2v) is 8.63. The fourth-order valence-electron chi connectivity index (χ4n) is 4.43. The maximum Gasteiger partial charge on any atom is 0.253 e. The lowest BCUT2D eigenvalue weighted by molar-refractivity contribution is 0.0950. The summed E-state index contributed by atoms with van der Waals surface area (Å²) < 4.78 is 7.53. The number of pyridine rings is 1. The maximum atomic E-state index is 12.8. The van der Waals surface area contributed by atoms with Gasteiger partial charge in [0.15, 0.2) is 0 Å². The first-order valence-electron chi connectivity index (χ1n) is 11.2. The molecule has 31 heavy (non-hydrogen) atoms. The van der Waals surface area contributed by atoms with Gasteiger partial charge in [0, 0.05) is 56.5 Å². The van der Waals surface area contributed by atoms with Gasteiger partial charge in [-0.3, -0.25) is 9.69 Å². The molecule has 0 atom stereocenters. The second kappa shape index (κ2) is 8.63. The Hall–Kier alpha value is -2.99. The maximum absolute atomic E-state index is 12.8. The number of piperazine rings is 1. The van der Waals surface area contributed by atoms with Crippen LogP contribution in [0, 0.1) is 5.92 Å². The van der Waals surface area contributed by atoms with Crippen LogP contribution in [0.5, 0.6) is 5.75 Å². The van der Waals surface area contributed by atoms with Gasteiger partial charge in [-0.25, -0.2) is 0 Å². The Bertz CT molecular complexity index is 1060. The number of anilines is 1. The van der Waals surface area contributed by atoms with Crippen molar-refractivity contribution in [1.82, 2.24) is 14.6 Å². The lowest BCUT2D eigenvalue weighted by Crippen LogP contribution is -2.47. The summed E-state index contributed by atoms with van der Waals surface area (Å²) in [6.45, 7) is 5.99. The number of nitrogens with one attached hydrogen (secondary N) is 1. The number of hydrogen-bond acceptors (Lipinski definition) is 4. The van der Waals surface area contributed by atoms with Crippen molar-refractivity contribution >= 4 is 17.2 Å². The topological polar surface area (TPSA) is 49.2 Å². The van der Waals surface area contributed by atoms with Gasteiger partial charge < -0.3 is 19.4 Å². The van der Waals surface area contributed by atoms with Crippen LogP contribution < -0.4 is 15.0 Å². The van der Waals surface area contributed by atoms with E-state index in [2.05, 4.69) is 31.7 Å². The van der Waals surface area contributed by atoms with Crippen LogP contribution in [0.15, 0.2) is 54.7 Å². The number of nitrogens with zero attached hydrogens (tertiary/aromatic N) is 3. The molecule has 2 aliphatic rings. The minimum absolute atomic E-state index is 0.0818. The van der Waals surface area contributed by atoms with E-state index in [0.29, 0.717) is 12.1 Å². The van der Waals surface area contributed by atoms with Crippen molar-refractivity contribution in [3.05, 3.63) is 65.9 Å². The first kappa shape index (κ1) is 19.9. The highest BCUT2D eigenvalue weighted by Gasteiger charge is 2.27. The number of fused-ring (bicyclic) bond motifs is 1. The molecule has 0 bridgehead atoms. The first-order valence-corrected chi connectivity index (χ1v) is 11.2. The predicted octanol–water partition coefficient (Wildman–Crippen LogP) is 3.41. The lowest BCUT2D eigenvalue weighted by atomic mass is 10.2. The van der Waals surface area contributed by atoms with Crippen molar-refractivity contribution in [1.29, 1.82) is 0 Å². The van der Waals surface area contributed by atoms with Crippen LogP contribution in [0.25, 0.3) is 5.52 Å². The summed E-state index contributed by atoms with van der Waals surface area (Å²) >= 11 is 0. The fourth-order valence-corrected chi connectivity index (χ4v) is 4.43. The van der Waals surface area contributed by atoms with Gasteiger partial charge in [-0.05, 0) is 49.1 Å². The van der Waals surface area contributed by atoms with Gasteiger partial charge >= 0.3 is 0 Å². The van der Waals surface area contributed by atoms with Crippen LogP contribution in [0.2, 0.25) is 0 Å². The largest absolute Gasteiger partial charge is 0.496 e. The molecule has 1 saturated carbocycles. The van der Waals surface area contributed by atoms with Crippen molar-refractivity contribution in [2.75, 3.05) is 44.7 Å². The van der Waals surface area contributed by atoms with Crippen LogP contribution >= 0.6 is 0 Å². The number of amides is 1. The summed E-state index contributed by atoms with van der Waals surface area (Å²) in [5.41, 5.74) is 2.73. The van der Waals surface area contributed by atoms with Gasteiger partial charge in [-0.1, -0.05) is 18.2 Å². The number of rotatable bonds is 7. The predicted molar refractivity (Wildman–Crippen MR) is 123 cm³/mol. The van der Waals surface area contributed by atoms with E-state index in [1.54, 1.807) is 7.11 Å². The molecule has 1 aromatic carbocycles. The average molecular weight is 419 g/mol. The molecule has 162 valence electrons. The van der Waals surface area contributed by atoms with Crippen LogP contribution in [-0.2, 0) is 6.54 Å². The summed E-state index contributed by atoms with van der Waals surface area (Å²) in [4.78, 5) is 17.9. The number of methoxy groups -OCH3 is 1. The molecule has 1 aliphatic carbocycles. The van der Waals surface area contributed by atoms with Gasteiger partial charge in [-0.15, -0.1) is 0 Å². The Morgan fingerprint density at radius 3 is 2.58 bits per heavy atom. The van der Waals surface area contributed by atoms with E-state index >= 15 is 0 Å². The minimum Gasteiger partial charge on any atom is -0.496 e. The molecule has 0 unspecified atom stereocenters. The molecule has 5 rings (SSSR count). The zero-order valence-electron chi connectivity index (χ0n) is 18.1. The number of carbonyl (C=O) groups is 1. The van der Waals surface area contributed by atoms with Gasteiger partial charge in [0.1, 0.15) is 11.6 Å². The highest BCUT2D eigenvalue weighted by atomic mass is 16.5. The minimum atomic E-state index is -0.0818. The quantitative estimate of drug-likeness (QED) is 0.639. The Balaban J connectivity index is 1.27. The van der Waals surface area contributed by atoms with Crippen molar-refractivity contribution in [2.24, 2.45) is 5.92 Å². The zero-order chi connectivity index (χ0) is 21.2. The number of ether oxygens (including phenoxy) is 1. The molecular formula is C25H30N4O2. The molecule has 6 heteroatoms. The second-order valence-electron chi connectivity index (χ2n) is 8.63. The number of benzene rings is 1. The molecule has 1 amide bonds. The van der Waals surface area contributed by atoms with Gasteiger partial charge in [0.05, 0.1) is 12.7 Å². The van der Waals surface area contributed by atoms with Crippen LogP contribution in [0.3, 0.4) is 0 Å². The van der Waals surface area contributed by atoms with E-state index in [0.717, 1.165) is 48.9 Å². The van der Waals surface area contributed by atoms with Crippen molar-refractivity contribution < 1.29 is 9.53 Å². The zero-order valence-corrected chi connectivity index (χ0v) is 18.1. The number of carbonyl (C=O) groups excluding carboxylic acids is 1. The van der Waals surface area contributed by atoms with Crippen molar-refractivity contribution in [2.45, 2.75) is 19.4 Å². The van der Waals surface area contributed by atoms with E-state index in [9.17, 15) is 4.79 Å². The van der Waals surface area contributed by atoms with E-state index < -0.39 is 0 Å². The molecule has 1 N–H and O–H groups in total. The Morgan fingerprint density at radius 1 is 1.03 bits per heavy atom. The summed E-state index contributed by atoms with van der Waals surface area (Å²) in [6.07, 6.45) is 4.77. The lowest BCUT2D eigenvalue weighted by Gasteiger charge is -2.35. The molecule has 0 spiro atoms. The van der Waals surface area contributed by atoms with E-state index in [1.165, 1.54) is 25.2 Å². The average Bonchev–Trinajstić information content (AvgIpc) is 3.53. The third kappa shape index (κ3) is 4.39. The molecule has 3 aromatic rings. The molecule has 6 nitrogen and oxygen atoms in total. The van der Waals surface area contributed by atoms with Gasteiger partial charge in [0.25, 0.3) is 5.91 Å². The van der Waals surface area contributed by atoms with Crippen molar-refractivity contribution in [3.63, 3.8) is 0 Å². The standard InChI is InChI=1S/C25H30N4O2/c1-31-23-5-3-2-4-20(23)16-26-25(30)21-8-9-22-10-11-24(29(22)18-21)28-14-12-27(13-15-28)17-19-6-7-19/h2-5,8-11,18-19H,6-7,12-17H2,1H3,(H,26,30). The Kier molecular flexibility index (Phi) is 5.55. The summed E-state index contributed by atoms with van der Waals surface area (Å²) in [6, 6.07) is 16.0. The third-order valence-corrected chi connectivity index (χ3v) is 6.43. The van der Waals surface area contributed by atoms with E-state index in [-0.39, 0.29) is 5.91 Å². The Morgan fingerprint density at radius 2 is 1.81 bits per heavy atom. The van der Waals surface area contributed by atoms with Crippen LogP contribution in [0.4, 0.5) is 5.82 Å². The molecule has 2 fully saturated rings.